The zero-order chi connectivity index (χ0) is 15.9. The molecule has 1 rings (SSSR count). The Morgan fingerprint density at radius 1 is 0.800 bits per heavy atom. The predicted octanol–water partition coefficient (Wildman–Crippen LogP) is 6.25. The maximum absolute atomic E-state index is 13.1. The van der Waals surface area contributed by atoms with Crippen LogP contribution in [0.1, 0.15) is 82.6 Å². The molecule has 0 aliphatic heterocycles. The lowest BCUT2D eigenvalue weighted by atomic mass is 9.75. The van der Waals surface area contributed by atoms with Crippen LogP contribution in [0.5, 0.6) is 0 Å². The van der Waals surface area contributed by atoms with Crippen molar-refractivity contribution in [3.8, 4) is 0 Å². The third kappa shape index (κ3) is 3.56. The van der Waals surface area contributed by atoms with E-state index in [-0.39, 0.29) is 17.3 Å². The highest BCUT2D eigenvalue weighted by molar-refractivity contribution is 5.47. The quantitative estimate of drug-likeness (QED) is 0.602. The van der Waals surface area contributed by atoms with Crippen LogP contribution in [0.15, 0.2) is 12.1 Å². The van der Waals surface area contributed by atoms with Gasteiger partial charge in [0.25, 0.3) is 0 Å². The SMILES string of the molecule is CC(C)c1cc(C(F)(F)F)cc(C(C)C)c1C(C)(C)C. The van der Waals surface area contributed by atoms with E-state index in [1.807, 2.05) is 27.7 Å². The summed E-state index contributed by atoms with van der Waals surface area (Å²) in [6.07, 6.45) is -4.29. The van der Waals surface area contributed by atoms with Gasteiger partial charge in [-0.3, -0.25) is 0 Å². The molecule has 0 spiro atoms. The number of rotatable bonds is 2. The molecule has 0 nitrogen and oxygen atoms in total. The zero-order valence-corrected chi connectivity index (χ0v) is 13.4. The van der Waals surface area contributed by atoms with E-state index in [1.165, 1.54) is 12.1 Å². The van der Waals surface area contributed by atoms with Crippen LogP contribution in [-0.4, -0.2) is 0 Å². The van der Waals surface area contributed by atoms with Gasteiger partial charge in [0.15, 0.2) is 0 Å². The van der Waals surface area contributed by atoms with E-state index < -0.39 is 11.7 Å². The maximum Gasteiger partial charge on any atom is 0.416 e. The van der Waals surface area contributed by atoms with E-state index in [9.17, 15) is 13.2 Å². The molecule has 0 aromatic heterocycles. The van der Waals surface area contributed by atoms with Gasteiger partial charge in [-0.05, 0) is 46.1 Å². The van der Waals surface area contributed by atoms with Crippen LogP contribution in [0, 0.1) is 0 Å². The van der Waals surface area contributed by atoms with Crippen LogP contribution in [-0.2, 0) is 11.6 Å². The molecule has 0 aliphatic carbocycles. The van der Waals surface area contributed by atoms with Crippen LogP contribution in [0.2, 0.25) is 0 Å². The summed E-state index contributed by atoms with van der Waals surface area (Å²) < 4.78 is 39.3. The van der Waals surface area contributed by atoms with Gasteiger partial charge >= 0.3 is 6.18 Å². The number of hydrogen-bond donors (Lipinski definition) is 0. The van der Waals surface area contributed by atoms with Crippen molar-refractivity contribution < 1.29 is 13.2 Å². The summed E-state index contributed by atoms with van der Waals surface area (Å²) in [7, 11) is 0. The summed E-state index contributed by atoms with van der Waals surface area (Å²) in [6.45, 7) is 14.0. The molecular weight excluding hydrogens is 261 g/mol. The smallest absolute Gasteiger partial charge is 0.166 e. The largest absolute Gasteiger partial charge is 0.416 e. The fourth-order valence-electron chi connectivity index (χ4n) is 2.63. The van der Waals surface area contributed by atoms with Gasteiger partial charge in [-0.15, -0.1) is 0 Å². The molecule has 3 heteroatoms. The average molecular weight is 286 g/mol. The summed E-state index contributed by atoms with van der Waals surface area (Å²) >= 11 is 0. The first-order valence-corrected chi connectivity index (χ1v) is 7.11. The van der Waals surface area contributed by atoms with Crippen molar-refractivity contribution in [3.05, 3.63) is 34.4 Å². The molecule has 0 unspecified atom stereocenters. The fraction of sp³-hybridized carbons (Fsp3) is 0.647. The lowest BCUT2D eigenvalue weighted by molar-refractivity contribution is -0.137. The van der Waals surface area contributed by atoms with Crippen molar-refractivity contribution >= 4 is 0 Å². The molecule has 0 bridgehead atoms. The molecule has 0 N–H and O–H groups in total. The summed E-state index contributed by atoms with van der Waals surface area (Å²) in [6, 6.07) is 2.66. The topological polar surface area (TPSA) is 0 Å². The number of hydrogen-bond acceptors (Lipinski definition) is 0. The van der Waals surface area contributed by atoms with Gasteiger partial charge in [0.2, 0.25) is 0 Å². The zero-order valence-electron chi connectivity index (χ0n) is 13.4. The van der Waals surface area contributed by atoms with Crippen LogP contribution in [0.3, 0.4) is 0 Å². The summed E-state index contributed by atoms with van der Waals surface area (Å²) in [5.41, 5.74) is 2.00. The highest BCUT2D eigenvalue weighted by atomic mass is 19.4. The predicted molar refractivity (Wildman–Crippen MR) is 78.3 cm³/mol. The Morgan fingerprint density at radius 2 is 1.15 bits per heavy atom. The van der Waals surface area contributed by atoms with E-state index in [0.29, 0.717) is 0 Å². The first kappa shape index (κ1) is 17.1. The lowest BCUT2D eigenvalue weighted by Gasteiger charge is -2.31. The molecule has 0 amide bonds. The summed E-state index contributed by atoms with van der Waals surface area (Å²) in [4.78, 5) is 0. The minimum Gasteiger partial charge on any atom is -0.166 e. The van der Waals surface area contributed by atoms with Gasteiger partial charge in [0.05, 0.1) is 5.56 Å². The van der Waals surface area contributed by atoms with Crippen LogP contribution >= 0.6 is 0 Å². The van der Waals surface area contributed by atoms with Gasteiger partial charge in [0.1, 0.15) is 0 Å². The van der Waals surface area contributed by atoms with Gasteiger partial charge < -0.3 is 0 Å². The maximum atomic E-state index is 13.1. The lowest BCUT2D eigenvalue weighted by Crippen LogP contribution is -2.20. The molecule has 1 aromatic rings. The molecule has 1 aromatic carbocycles. The molecule has 0 saturated heterocycles. The summed E-state index contributed by atoms with van der Waals surface area (Å²) in [5.74, 6) is 0.146. The third-order valence-corrected chi connectivity index (χ3v) is 3.52. The number of halogens is 3. The Kier molecular flexibility index (Phi) is 4.62. The molecular formula is C17H25F3. The molecule has 0 atom stereocenters. The van der Waals surface area contributed by atoms with E-state index in [2.05, 4.69) is 20.8 Å². The normalized spacial score (nSPS) is 13.4. The Labute approximate surface area is 120 Å². The van der Waals surface area contributed by atoms with E-state index in [4.69, 9.17) is 0 Å². The van der Waals surface area contributed by atoms with Crippen LogP contribution < -0.4 is 0 Å². The first-order valence-electron chi connectivity index (χ1n) is 7.11. The standard InChI is InChI=1S/C17H25F3/c1-10(2)13-8-12(17(18,19)20)9-14(11(3)4)15(13)16(5,6)7/h8-11H,1-7H3. The molecule has 0 heterocycles. The Bertz CT molecular complexity index is 445. The van der Waals surface area contributed by atoms with Crippen molar-refractivity contribution in [1.29, 1.82) is 0 Å². The monoisotopic (exact) mass is 286 g/mol. The molecule has 114 valence electrons. The second-order valence-corrected chi connectivity index (χ2v) is 7.09. The molecule has 20 heavy (non-hydrogen) atoms. The Balaban J connectivity index is 3.74. The van der Waals surface area contributed by atoms with Crippen molar-refractivity contribution in [3.63, 3.8) is 0 Å². The van der Waals surface area contributed by atoms with Gasteiger partial charge in [-0.25, -0.2) is 0 Å². The average Bonchev–Trinajstić information content (AvgIpc) is 2.24. The number of benzene rings is 1. The second kappa shape index (κ2) is 5.42. The van der Waals surface area contributed by atoms with Crippen molar-refractivity contribution in [2.24, 2.45) is 0 Å². The Hall–Kier alpha value is -0.990. The minimum atomic E-state index is -4.29. The highest BCUT2D eigenvalue weighted by Crippen LogP contribution is 2.41. The highest BCUT2D eigenvalue weighted by Gasteiger charge is 2.34. The van der Waals surface area contributed by atoms with Gasteiger partial charge in [-0.2, -0.15) is 13.2 Å². The fourth-order valence-corrected chi connectivity index (χ4v) is 2.63. The second-order valence-electron chi connectivity index (χ2n) is 7.09. The molecule has 0 radical (unpaired) electrons. The number of alkyl halides is 3. The first-order chi connectivity index (χ1) is 8.85. The van der Waals surface area contributed by atoms with Crippen molar-refractivity contribution in [2.45, 2.75) is 71.9 Å². The van der Waals surface area contributed by atoms with E-state index in [0.717, 1.165) is 16.7 Å². The van der Waals surface area contributed by atoms with E-state index in [1.54, 1.807) is 0 Å². The minimum absolute atomic E-state index is 0.0732. The van der Waals surface area contributed by atoms with Crippen molar-refractivity contribution in [2.75, 3.05) is 0 Å². The van der Waals surface area contributed by atoms with Gasteiger partial charge in [-0.1, -0.05) is 48.5 Å². The van der Waals surface area contributed by atoms with Crippen molar-refractivity contribution in [1.82, 2.24) is 0 Å². The third-order valence-electron chi connectivity index (χ3n) is 3.52. The molecule has 0 saturated carbocycles. The van der Waals surface area contributed by atoms with Crippen LogP contribution in [0.25, 0.3) is 0 Å². The van der Waals surface area contributed by atoms with Gasteiger partial charge in [0, 0.05) is 0 Å². The molecule has 0 fully saturated rings. The molecule has 0 aliphatic rings. The van der Waals surface area contributed by atoms with E-state index >= 15 is 0 Å². The summed E-state index contributed by atoms with van der Waals surface area (Å²) in [5, 5.41) is 0. The van der Waals surface area contributed by atoms with Crippen LogP contribution in [0.4, 0.5) is 13.2 Å². The Morgan fingerprint density at radius 3 is 1.35 bits per heavy atom.